The number of nitrogens with one attached hydrogen (secondary N) is 1. The molecular weight excluding hydrogens is 184 g/mol. The number of piperazine rings is 1. The van der Waals surface area contributed by atoms with Gasteiger partial charge in [-0.15, -0.1) is 0 Å². The predicted octanol–water partition coefficient (Wildman–Crippen LogP) is 2.49. The second kappa shape index (κ2) is 5.31. The van der Waals surface area contributed by atoms with Crippen LogP contribution in [0.4, 0.5) is 0 Å². The molecule has 1 aliphatic rings. The van der Waals surface area contributed by atoms with Crippen LogP contribution in [0, 0.1) is 5.41 Å². The van der Waals surface area contributed by atoms with Crippen molar-refractivity contribution in [3.8, 4) is 0 Å². The Morgan fingerprint density at radius 2 is 1.93 bits per heavy atom. The van der Waals surface area contributed by atoms with E-state index < -0.39 is 0 Å². The first-order chi connectivity index (χ1) is 6.99. The molecule has 90 valence electrons. The van der Waals surface area contributed by atoms with Crippen molar-refractivity contribution in [3.05, 3.63) is 0 Å². The Kier molecular flexibility index (Phi) is 4.60. The molecule has 0 spiro atoms. The van der Waals surface area contributed by atoms with Gasteiger partial charge in [0.1, 0.15) is 0 Å². The molecule has 1 rings (SSSR count). The second-order valence-electron chi connectivity index (χ2n) is 5.89. The van der Waals surface area contributed by atoms with Gasteiger partial charge in [-0.05, 0) is 24.8 Å². The van der Waals surface area contributed by atoms with Crippen LogP contribution in [-0.4, -0.2) is 36.6 Å². The molecule has 1 aliphatic heterocycles. The van der Waals surface area contributed by atoms with Gasteiger partial charge in [0.05, 0.1) is 0 Å². The minimum atomic E-state index is 0.390. The van der Waals surface area contributed by atoms with Crippen LogP contribution < -0.4 is 5.32 Å². The molecule has 1 saturated heterocycles. The molecule has 1 fully saturated rings. The summed E-state index contributed by atoms with van der Waals surface area (Å²) in [5.74, 6) is 0. The highest BCUT2D eigenvalue weighted by molar-refractivity contribution is 4.91. The quantitative estimate of drug-likeness (QED) is 0.773. The Morgan fingerprint density at radius 1 is 1.27 bits per heavy atom. The van der Waals surface area contributed by atoms with Crippen LogP contribution in [0.15, 0.2) is 0 Å². The highest BCUT2D eigenvalue weighted by atomic mass is 15.2. The smallest absolute Gasteiger partial charge is 0.0269 e. The maximum atomic E-state index is 3.67. The fourth-order valence-corrected chi connectivity index (χ4v) is 2.54. The standard InChI is InChI=1S/C13H28N2/c1-6-8-15-10-11(7-2)14-9-12(15)13(3,4)5/h11-12,14H,6-10H2,1-5H3. The maximum Gasteiger partial charge on any atom is 0.0269 e. The zero-order chi connectivity index (χ0) is 11.5. The third kappa shape index (κ3) is 3.46. The minimum absolute atomic E-state index is 0.390. The van der Waals surface area contributed by atoms with Crippen molar-refractivity contribution in [2.45, 2.75) is 59.5 Å². The molecule has 0 saturated carbocycles. The molecule has 2 unspecified atom stereocenters. The SMILES string of the molecule is CCCN1CC(CC)NCC1C(C)(C)C. The van der Waals surface area contributed by atoms with E-state index in [1.165, 1.54) is 25.9 Å². The third-order valence-corrected chi connectivity index (χ3v) is 3.50. The summed E-state index contributed by atoms with van der Waals surface area (Å²) in [6.45, 7) is 15.3. The molecule has 0 aliphatic carbocycles. The molecule has 0 amide bonds. The van der Waals surface area contributed by atoms with Gasteiger partial charge in [-0.1, -0.05) is 34.6 Å². The van der Waals surface area contributed by atoms with Gasteiger partial charge in [-0.2, -0.15) is 0 Å². The number of rotatable bonds is 3. The zero-order valence-corrected chi connectivity index (χ0v) is 11.1. The molecule has 0 aromatic carbocycles. The van der Waals surface area contributed by atoms with E-state index in [0.717, 1.165) is 6.54 Å². The third-order valence-electron chi connectivity index (χ3n) is 3.50. The first kappa shape index (κ1) is 13.0. The van der Waals surface area contributed by atoms with E-state index in [-0.39, 0.29) is 0 Å². The molecule has 0 aromatic rings. The van der Waals surface area contributed by atoms with Gasteiger partial charge in [-0.25, -0.2) is 0 Å². The lowest BCUT2D eigenvalue weighted by molar-refractivity contribution is 0.0551. The van der Waals surface area contributed by atoms with Crippen LogP contribution in [0.1, 0.15) is 47.5 Å². The van der Waals surface area contributed by atoms with E-state index in [9.17, 15) is 0 Å². The molecule has 2 atom stereocenters. The summed E-state index contributed by atoms with van der Waals surface area (Å²) < 4.78 is 0. The first-order valence-corrected chi connectivity index (χ1v) is 6.46. The van der Waals surface area contributed by atoms with Crippen LogP contribution in [-0.2, 0) is 0 Å². The Morgan fingerprint density at radius 3 is 2.40 bits per heavy atom. The topological polar surface area (TPSA) is 15.3 Å². The number of hydrogen-bond donors (Lipinski definition) is 1. The summed E-state index contributed by atoms with van der Waals surface area (Å²) in [4.78, 5) is 2.69. The second-order valence-corrected chi connectivity index (χ2v) is 5.89. The summed E-state index contributed by atoms with van der Waals surface area (Å²) in [7, 11) is 0. The lowest BCUT2D eigenvalue weighted by Crippen LogP contribution is -2.60. The lowest BCUT2D eigenvalue weighted by atomic mass is 9.83. The van der Waals surface area contributed by atoms with Crippen molar-refractivity contribution >= 4 is 0 Å². The van der Waals surface area contributed by atoms with Crippen LogP contribution in [0.5, 0.6) is 0 Å². The summed E-state index contributed by atoms with van der Waals surface area (Å²) in [5, 5.41) is 3.67. The summed E-state index contributed by atoms with van der Waals surface area (Å²) >= 11 is 0. The zero-order valence-electron chi connectivity index (χ0n) is 11.1. The van der Waals surface area contributed by atoms with Gasteiger partial charge in [0.25, 0.3) is 0 Å². The average molecular weight is 212 g/mol. The van der Waals surface area contributed by atoms with Crippen molar-refractivity contribution in [1.29, 1.82) is 0 Å². The molecule has 1 heterocycles. The van der Waals surface area contributed by atoms with Gasteiger partial charge in [0.15, 0.2) is 0 Å². The van der Waals surface area contributed by atoms with Crippen molar-refractivity contribution in [1.82, 2.24) is 10.2 Å². The fraction of sp³-hybridized carbons (Fsp3) is 1.00. The molecule has 2 heteroatoms. The van der Waals surface area contributed by atoms with Crippen molar-refractivity contribution in [2.24, 2.45) is 5.41 Å². The van der Waals surface area contributed by atoms with E-state index in [2.05, 4.69) is 44.8 Å². The molecule has 15 heavy (non-hydrogen) atoms. The van der Waals surface area contributed by atoms with Crippen LogP contribution >= 0.6 is 0 Å². The van der Waals surface area contributed by atoms with Gasteiger partial charge in [0.2, 0.25) is 0 Å². The molecular formula is C13H28N2. The molecule has 0 radical (unpaired) electrons. The van der Waals surface area contributed by atoms with E-state index in [1.807, 2.05) is 0 Å². The summed E-state index contributed by atoms with van der Waals surface area (Å²) in [5.41, 5.74) is 0.390. The largest absolute Gasteiger partial charge is 0.311 e. The van der Waals surface area contributed by atoms with Gasteiger partial charge >= 0.3 is 0 Å². The van der Waals surface area contributed by atoms with Gasteiger partial charge in [-0.3, -0.25) is 4.90 Å². The first-order valence-electron chi connectivity index (χ1n) is 6.46. The van der Waals surface area contributed by atoms with Crippen LogP contribution in [0.2, 0.25) is 0 Å². The van der Waals surface area contributed by atoms with Gasteiger partial charge < -0.3 is 5.32 Å². The highest BCUT2D eigenvalue weighted by Crippen LogP contribution is 2.26. The molecule has 0 bridgehead atoms. The fourth-order valence-electron chi connectivity index (χ4n) is 2.54. The normalized spacial score (nSPS) is 29.4. The van der Waals surface area contributed by atoms with Crippen molar-refractivity contribution in [2.75, 3.05) is 19.6 Å². The monoisotopic (exact) mass is 212 g/mol. The molecule has 0 aromatic heterocycles. The van der Waals surface area contributed by atoms with E-state index in [4.69, 9.17) is 0 Å². The van der Waals surface area contributed by atoms with Crippen LogP contribution in [0.3, 0.4) is 0 Å². The van der Waals surface area contributed by atoms with Gasteiger partial charge in [0, 0.05) is 25.2 Å². The Labute approximate surface area is 95.4 Å². The molecule has 2 nitrogen and oxygen atoms in total. The number of hydrogen-bond acceptors (Lipinski definition) is 2. The number of nitrogens with zero attached hydrogens (tertiary/aromatic N) is 1. The van der Waals surface area contributed by atoms with E-state index in [1.54, 1.807) is 0 Å². The highest BCUT2D eigenvalue weighted by Gasteiger charge is 2.34. The van der Waals surface area contributed by atoms with Crippen molar-refractivity contribution in [3.63, 3.8) is 0 Å². The maximum absolute atomic E-state index is 3.67. The molecule has 1 N–H and O–H groups in total. The average Bonchev–Trinajstić information content (AvgIpc) is 2.16. The predicted molar refractivity (Wildman–Crippen MR) is 67.2 cm³/mol. The van der Waals surface area contributed by atoms with E-state index >= 15 is 0 Å². The Bertz CT molecular complexity index is 183. The lowest BCUT2D eigenvalue weighted by Gasteiger charge is -2.46. The van der Waals surface area contributed by atoms with E-state index in [0.29, 0.717) is 17.5 Å². The Hall–Kier alpha value is -0.0800. The van der Waals surface area contributed by atoms with Crippen LogP contribution in [0.25, 0.3) is 0 Å². The minimum Gasteiger partial charge on any atom is -0.311 e. The van der Waals surface area contributed by atoms with Crippen molar-refractivity contribution < 1.29 is 0 Å². The Balaban J connectivity index is 2.63. The summed E-state index contributed by atoms with van der Waals surface area (Å²) in [6, 6.07) is 1.40. The summed E-state index contributed by atoms with van der Waals surface area (Å²) in [6.07, 6.45) is 2.51.